The molecule has 1 amide bonds. The molecule has 20 heavy (non-hydrogen) atoms. The van der Waals surface area contributed by atoms with Crippen LogP contribution in [0.15, 0.2) is 30.5 Å². The van der Waals surface area contributed by atoms with Crippen molar-refractivity contribution in [1.82, 2.24) is 10.3 Å². The zero-order valence-corrected chi connectivity index (χ0v) is 11.9. The fraction of sp³-hybridized carbons (Fsp3) is 0.375. The summed E-state index contributed by atoms with van der Waals surface area (Å²) in [7, 11) is 1.84. The monoisotopic (exact) mass is 269 g/mol. The second-order valence-corrected chi connectivity index (χ2v) is 5.68. The van der Waals surface area contributed by atoms with E-state index in [0.717, 1.165) is 29.4 Å². The highest BCUT2D eigenvalue weighted by atomic mass is 16.1. The van der Waals surface area contributed by atoms with Gasteiger partial charge >= 0.3 is 0 Å². The first-order chi connectivity index (χ1) is 9.63. The average Bonchev–Trinajstić information content (AvgIpc) is 2.44. The van der Waals surface area contributed by atoms with E-state index >= 15 is 0 Å². The van der Waals surface area contributed by atoms with Crippen LogP contribution in [0.25, 0.3) is 10.8 Å². The molecule has 1 fully saturated rings. The molecule has 0 saturated heterocycles. The van der Waals surface area contributed by atoms with Crippen LogP contribution in [0.1, 0.15) is 36.5 Å². The molecule has 0 aliphatic heterocycles. The number of hydrogen-bond acceptors (Lipinski definition) is 3. The zero-order chi connectivity index (χ0) is 14.2. The minimum Gasteiger partial charge on any atom is -0.373 e. The molecule has 4 nitrogen and oxygen atoms in total. The van der Waals surface area contributed by atoms with Gasteiger partial charge in [-0.15, -0.1) is 0 Å². The van der Waals surface area contributed by atoms with Crippen molar-refractivity contribution in [2.45, 2.75) is 31.7 Å². The molecule has 0 spiro atoms. The van der Waals surface area contributed by atoms with Gasteiger partial charge in [0.15, 0.2) is 0 Å². The third kappa shape index (κ3) is 2.11. The number of amides is 1. The Kier molecular flexibility index (Phi) is 3.08. The Morgan fingerprint density at radius 2 is 1.95 bits per heavy atom. The molecule has 1 saturated carbocycles. The van der Waals surface area contributed by atoms with Gasteiger partial charge in [0.2, 0.25) is 0 Å². The molecule has 0 atom stereocenters. The molecule has 2 aromatic rings. The normalized spacial score (nSPS) is 16.5. The highest BCUT2D eigenvalue weighted by Crippen LogP contribution is 2.32. The Morgan fingerprint density at radius 1 is 1.25 bits per heavy atom. The maximum Gasteiger partial charge on any atom is 0.253 e. The smallest absolute Gasteiger partial charge is 0.253 e. The summed E-state index contributed by atoms with van der Waals surface area (Å²) in [6.45, 7) is 2.10. The van der Waals surface area contributed by atoms with E-state index in [0.29, 0.717) is 5.56 Å². The Labute approximate surface area is 118 Å². The maximum atomic E-state index is 12.5. The van der Waals surface area contributed by atoms with E-state index in [4.69, 9.17) is 0 Å². The van der Waals surface area contributed by atoms with Crippen molar-refractivity contribution in [3.63, 3.8) is 0 Å². The second kappa shape index (κ2) is 4.78. The molecule has 3 rings (SSSR count). The zero-order valence-electron chi connectivity index (χ0n) is 11.9. The Hall–Kier alpha value is -2.10. The molecular formula is C16H19N3O. The van der Waals surface area contributed by atoms with Gasteiger partial charge in [-0.05, 0) is 31.6 Å². The molecule has 1 aromatic carbocycles. The van der Waals surface area contributed by atoms with Crippen molar-refractivity contribution >= 4 is 22.5 Å². The van der Waals surface area contributed by atoms with Crippen molar-refractivity contribution in [1.29, 1.82) is 0 Å². The number of aromatic nitrogens is 1. The van der Waals surface area contributed by atoms with E-state index < -0.39 is 0 Å². The fourth-order valence-corrected chi connectivity index (χ4v) is 2.75. The second-order valence-electron chi connectivity index (χ2n) is 5.68. The number of benzene rings is 1. The van der Waals surface area contributed by atoms with Gasteiger partial charge < -0.3 is 10.6 Å². The molecule has 1 heterocycles. The summed E-state index contributed by atoms with van der Waals surface area (Å²) < 4.78 is 0. The Balaban J connectivity index is 2.01. The van der Waals surface area contributed by atoms with E-state index in [-0.39, 0.29) is 11.4 Å². The highest BCUT2D eigenvalue weighted by Gasteiger charge is 2.33. The van der Waals surface area contributed by atoms with Crippen molar-refractivity contribution in [3.05, 3.63) is 36.0 Å². The lowest BCUT2D eigenvalue weighted by atomic mass is 9.78. The summed E-state index contributed by atoms with van der Waals surface area (Å²) in [6.07, 6.45) is 4.96. The van der Waals surface area contributed by atoms with Crippen LogP contribution in [0.4, 0.5) is 5.82 Å². The number of anilines is 1. The lowest BCUT2D eigenvalue weighted by molar-refractivity contribution is 0.0852. The molecule has 1 aromatic heterocycles. The molecule has 0 bridgehead atoms. The first kappa shape index (κ1) is 12.9. The summed E-state index contributed by atoms with van der Waals surface area (Å²) in [5.41, 5.74) is 0.604. The third-order valence-corrected chi connectivity index (χ3v) is 4.15. The number of pyridine rings is 1. The summed E-state index contributed by atoms with van der Waals surface area (Å²) in [5.74, 6) is 0.769. The third-order valence-electron chi connectivity index (χ3n) is 4.15. The Morgan fingerprint density at radius 3 is 2.55 bits per heavy atom. The van der Waals surface area contributed by atoms with Gasteiger partial charge in [-0.1, -0.05) is 24.3 Å². The van der Waals surface area contributed by atoms with E-state index in [2.05, 4.69) is 22.5 Å². The van der Waals surface area contributed by atoms with Crippen LogP contribution >= 0.6 is 0 Å². The SMILES string of the molecule is CNc1ncc(C(=O)NC2(C)CCC2)c2ccccc12. The van der Waals surface area contributed by atoms with Crippen LogP contribution in [0.2, 0.25) is 0 Å². The minimum atomic E-state index is -0.0418. The summed E-state index contributed by atoms with van der Waals surface area (Å²) in [6, 6.07) is 7.86. The number of nitrogens with zero attached hydrogens (tertiary/aromatic N) is 1. The van der Waals surface area contributed by atoms with Gasteiger partial charge in [-0.3, -0.25) is 4.79 Å². The first-order valence-corrected chi connectivity index (χ1v) is 7.01. The Bertz CT molecular complexity index is 662. The van der Waals surface area contributed by atoms with E-state index in [1.807, 2.05) is 31.3 Å². The quantitative estimate of drug-likeness (QED) is 0.900. The average molecular weight is 269 g/mol. The predicted molar refractivity (Wildman–Crippen MR) is 81.0 cm³/mol. The molecule has 104 valence electrons. The van der Waals surface area contributed by atoms with Crippen LogP contribution in [-0.4, -0.2) is 23.5 Å². The van der Waals surface area contributed by atoms with Gasteiger partial charge in [-0.25, -0.2) is 4.98 Å². The number of carbonyl (C=O) groups is 1. The fourth-order valence-electron chi connectivity index (χ4n) is 2.75. The molecule has 0 unspecified atom stereocenters. The molecule has 4 heteroatoms. The van der Waals surface area contributed by atoms with Gasteiger partial charge in [0.1, 0.15) is 5.82 Å². The number of nitrogens with one attached hydrogen (secondary N) is 2. The summed E-state index contributed by atoms with van der Waals surface area (Å²) in [5, 5.41) is 8.11. The van der Waals surface area contributed by atoms with Crippen molar-refractivity contribution in [2.24, 2.45) is 0 Å². The standard InChI is InChI=1S/C16H19N3O/c1-16(8-5-9-16)19-15(20)13-10-18-14(17-2)12-7-4-3-6-11(12)13/h3-4,6-7,10H,5,8-9H2,1-2H3,(H,17,18)(H,19,20). The van der Waals surface area contributed by atoms with Gasteiger partial charge in [0, 0.05) is 24.2 Å². The number of hydrogen-bond donors (Lipinski definition) is 2. The lowest BCUT2D eigenvalue weighted by Gasteiger charge is -2.39. The molecule has 0 radical (unpaired) electrons. The van der Waals surface area contributed by atoms with Crippen molar-refractivity contribution in [2.75, 3.05) is 12.4 Å². The van der Waals surface area contributed by atoms with Crippen molar-refractivity contribution in [3.8, 4) is 0 Å². The van der Waals surface area contributed by atoms with Gasteiger partial charge in [-0.2, -0.15) is 0 Å². The lowest BCUT2D eigenvalue weighted by Crippen LogP contribution is -2.51. The molecule has 2 N–H and O–H groups in total. The van der Waals surface area contributed by atoms with Crippen LogP contribution in [0.3, 0.4) is 0 Å². The van der Waals surface area contributed by atoms with Crippen LogP contribution in [-0.2, 0) is 0 Å². The van der Waals surface area contributed by atoms with Gasteiger partial charge in [0.05, 0.1) is 5.56 Å². The molecular weight excluding hydrogens is 250 g/mol. The highest BCUT2D eigenvalue weighted by molar-refractivity contribution is 6.09. The predicted octanol–water partition coefficient (Wildman–Crippen LogP) is 2.95. The number of fused-ring (bicyclic) bond motifs is 1. The van der Waals surface area contributed by atoms with Crippen LogP contribution in [0.5, 0.6) is 0 Å². The number of rotatable bonds is 3. The van der Waals surface area contributed by atoms with Crippen LogP contribution in [0, 0.1) is 0 Å². The summed E-state index contributed by atoms with van der Waals surface area (Å²) in [4.78, 5) is 16.8. The minimum absolute atomic E-state index is 0.0291. The van der Waals surface area contributed by atoms with E-state index in [9.17, 15) is 4.79 Å². The van der Waals surface area contributed by atoms with Crippen molar-refractivity contribution < 1.29 is 4.79 Å². The molecule has 1 aliphatic rings. The molecule has 1 aliphatic carbocycles. The maximum absolute atomic E-state index is 12.5. The van der Waals surface area contributed by atoms with E-state index in [1.54, 1.807) is 6.20 Å². The largest absolute Gasteiger partial charge is 0.373 e. The van der Waals surface area contributed by atoms with Crippen LogP contribution < -0.4 is 10.6 Å². The van der Waals surface area contributed by atoms with Gasteiger partial charge in [0.25, 0.3) is 5.91 Å². The number of carbonyl (C=O) groups excluding carboxylic acids is 1. The first-order valence-electron chi connectivity index (χ1n) is 7.01. The summed E-state index contributed by atoms with van der Waals surface area (Å²) >= 11 is 0. The topological polar surface area (TPSA) is 54.0 Å². The van der Waals surface area contributed by atoms with E-state index in [1.165, 1.54) is 6.42 Å².